The lowest BCUT2D eigenvalue weighted by atomic mass is 10.3. The number of aliphatic hydroxyl groups is 1. The molecular formula is C12H14FN3O. The lowest BCUT2D eigenvalue weighted by Crippen LogP contribution is -2.25. The Hall–Kier alpha value is -1.88. The van der Waals surface area contributed by atoms with Crippen LogP contribution in [0.2, 0.25) is 0 Å². The second-order valence-electron chi connectivity index (χ2n) is 3.77. The zero-order valence-electron chi connectivity index (χ0n) is 9.25. The molecule has 0 aliphatic rings. The molecule has 4 nitrogen and oxygen atoms in total. The van der Waals surface area contributed by atoms with Gasteiger partial charge >= 0.3 is 0 Å². The van der Waals surface area contributed by atoms with Crippen LogP contribution < -0.4 is 5.32 Å². The van der Waals surface area contributed by atoms with E-state index in [1.54, 1.807) is 35.3 Å². The first kappa shape index (κ1) is 11.6. The van der Waals surface area contributed by atoms with Gasteiger partial charge in [-0.3, -0.25) is 4.68 Å². The van der Waals surface area contributed by atoms with Crippen molar-refractivity contribution in [3.05, 3.63) is 48.5 Å². The van der Waals surface area contributed by atoms with E-state index >= 15 is 0 Å². The Balaban J connectivity index is 1.79. The molecule has 2 rings (SSSR count). The predicted octanol–water partition coefficient (Wildman–Crippen LogP) is 1.50. The molecule has 0 aliphatic carbocycles. The third-order valence-electron chi connectivity index (χ3n) is 2.34. The number of nitrogens with one attached hydrogen (secondary N) is 1. The van der Waals surface area contributed by atoms with E-state index in [1.165, 1.54) is 12.1 Å². The molecule has 0 radical (unpaired) electrons. The summed E-state index contributed by atoms with van der Waals surface area (Å²) in [6.45, 7) is 0.826. The Morgan fingerprint density at radius 1 is 1.35 bits per heavy atom. The highest BCUT2D eigenvalue weighted by molar-refractivity contribution is 5.42. The van der Waals surface area contributed by atoms with E-state index in [0.29, 0.717) is 13.1 Å². The number of nitrogens with zero attached hydrogens (tertiary/aromatic N) is 2. The van der Waals surface area contributed by atoms with Crippen molar-refractivity contribution in [3.63, 3.8) is 0 Å². The Morgan fingerprint density at radius 3 is 2.76 bits per heavy atom. The molecule has 0 amide bonds. The van der Waals surface area contributed by atoms with Crippen LogP contribution in [0.25, 0.3) is 0 Å². The summed E-state index contributed by atoms with van der Waals surface area (Å²) in [7, 11) is 0. The molecule has 2 N–H and O–H groups in total. The van der Waals surface area contributed by atoms with E-state index in [9.17, 15) is 9.50 Å². The van der Waals surface area contributed by atoms with Gasteiger partial charge in [-0.25, -0.2) is 4.39 Å². The molecule has 90 valence electrons. The first-order chi connectivity index (χ1) is 8.24. The number of rotatable bonds is 5. The van der Waals surface area contributed by atoms with Crippen molar-refractivity contribution in [3.8, 4) is 0 Å². The number of hydrogen-bond donors (Lipinski definition) is 2. The van der Waals surface area contributed by atoms with Crippen molar-refractivity contribution in [2.75, 3.05) is 11.9 Å². The minimum atomic E-state index is -0.542. The van der Waals surface area contributed by atoms with E-state index in [1.807, 2.05) is 0 Å². The van der Waals surface area contributed by atoms with Gasteiger partial charge in [0.1, 0.15) is 5.82 Å². The lowest BCUT2D eigenvalue weighted by molar-refractivity contribution is 0.161. The Labute approximate surface area is 98.7 Å². The van der Waals surface area contributed by atoms with Crippen LogP contribution in [0.1, 0.15) is 0 Å². The number of aliphatic hydroxyl groups excluding tert-OH is 1. The largest absolute Gasteiger partial charge is 0.389 e. The quantitative estimate of drug-likeness (QED) is 0.825. The lowest BCUT2D eigenvalue weighted by Gasteiger charge is -2.12. The molecule has 1 aromatic carbocycles. The fourth-order valence-electron chi connectivity index (χ4n) is 1.49. The van der Waals surface area contributed by atoms with Crippen molar-refractivity contribution in [1.29, 1.82) is 0 Å². The van der Waals surface area contributed by atoms with Crippen LogP contribution in [0.3, 0.4) is 0 Å². The molecule has 1 heterocycles. The van der Waals surface area contributed by atoms with Gasteiger partial charge in [-0.15, -0.1) is 0 Å². The summed E-state index contributed by atoms with van der Waals surface area (Å²) in [5.74, 6) is -0.271. The maximum absolute atomic E-state index is 12.6. The summed E-state index contributed by atoms with van der Waals surface area (Å²) < 4.78 is 14.3. The fraction of sp³-hybridized carbons (Fsp3) is 0.250. The molecule has 1 unspecified atom stereocenters. The standard InChI is InChI=1S/C12H14FN3O/c13-10-2-4-11(5-3-10)14-8-12(17)9-16-7-1-6-15-16/h1-7,12,14,17H,8-9H2. The van der Waals surface area contributed by atoms with E-state index < -0.39 is 6.10 Å². The minimum absolute atomic E-state index is 0.271. The molecule has 1 atom stereocenters. The molecule has 0 bridgehead atoms. The summed E-state index contributed by atoms with van der Waals surface area (Å²) in [4.78, 5) is 0. The van der Waals surface area contributed by atoms with Gasteiger partial charge in [0.25, 0.3) is 0 Å². The highest BCUT2D eigenvalue weighted by Crippen LogP contribution is 2.08. The second kappa shape index (κ2) is 5.45. The van der Waals surface area contributed by atoms with Gasteiger partial charge in [0.05, 0.1) is 12.6 Å². The van der Waals surface area contributed by atoms with Crippen LogP contribution in [-0.4, -0.2) is 27.5 Å². The van der Waals surface area contributed by atoms with Gasteiger partial charge < -0.3 is 10.4 Å². The van der Waals surface area contributed by atoms with Crippen LogP contribution in [-0.2, 0) is 6.54 Å². The van der Waals surface area contributed by atoms with E-state index in [0.717, 1.165) is 5.69 Å². The topological polar surface area (TPSA) is 50.1 Å². The third-order valence-corrected chi connectivity index (χ3v) is 2.34. The highest BCUT2D eigenvalue weighted by atomic mass is 19.1. The summed E-state index contributed by atoms with van der Waals surface area (Å²) in [5, 5.41) is 16.8. The molecule has 0 spiro atoms. The van der Waals surface area contributed by atoms with Gasteiger partial charge in [-0.2, -0.15) is 5.10 Å². The summed E-state index contributed by atoms with van der Waals surface area (Å²) in [6, 6.07) is 7.83. The molecule has 0 saturated heterocycles. The number of hydrogen-bond acceptors (Lipinski definition) is 3. The normalized spacial score (nSPS) is 12.4. The first-order valence-electron chi connectivity index (χ1n) is 5.39. The number of aromatic nitrogens is 2. The van der Waals surface area contributed by atoms with Gasteiger partial charge in [0.15, 0.2) is 0 Å². The van der Waals surface area contributed by atoms with Crippen LogP contribution in [0, 0.1) is 5.82 Å². The van der Waals surface area contributed by atoms with Crippen molar-refractivity contribution in [2.24, 2.45) is 0 Å². The number of halogens is 1. The molecule has 5 heteroatoms. The van der Waals surface area contributed by atoms with E-state index in [-0.39, 0.29) is 5.82 Å². The van der Waals surface area contributed by atoms with E-state index in [4.69, 9.17) is 0 Å². The Morgan fingerprint density at radius 2 is 2.12 bits per heavy atom. The third kappa shape index (κ3) is 3.57. The Bertz CT molecular complexity index is 441. The maximum Gasteiger partial charge on any atom is 0.123 e. The van der Waals surface area contributed by atoms with Gasteiger partial charge in [-0.1, -0.05) is 0 Å². The molecule has 1 aromatic heterocycles. The second-order valence-corrected chi connectivity index (χ2v) is 3.77. The summed E-state index contributed by atoms with van der Waals surface area (Å²) >= 11 is 0. The molecule has 0 saturated carbocycles. The van der Waals surface area contributed by atoms with Gasteiger partial charge in [0.2, 0.25) is 0 Å². The molecule has 2 aromatic rings. The summed E-state index contributed by atoms with van der Waals surface area (Å²) in [6.07, 6.45) is 2.92. The first-order valence-corrected chi connectivity index (χ1v) is 5.39. The zero-order valence-corrected chi connectivity index (χ0v) is 9.25. The van der Waals surface area contributed by atoms with E-state index in [2.05, 4.69) is 10.4 Å². The average Bonchev–Trinajstić information content (AvgIpc) is 2.81. The average molecular weight is 235 g/mol. The van der Waals surface area contributed by atoms with Gasteiger partial charge in [-0.05, 0) is 30.3 Å². The molecule has 0 fully saturated rings. The molecule has 17 heavy (non-hydrogen) atoms. The fourth-order valence-corrected chi connectivity index (χ4v) is 1.49. The van der Waals surface area contributed by atoms with Crippen LogP contribution >= 0.6 is 0 Å². The predicted molar refractivity (Wildman–Crippen MR) is 63.1 cm³/mol. The minimum Gasteiger partial charge on any atom is -0.389 e. The SMILES string of the molecule is OC(CNc1ccc(F)cc1)Cn1cccn1. The number of benzene rings is 1. The Kier molecular flexibility index (Phi) is 3.72. The van der Waals surface area contributed by atoms with Crippen molar-refractivity contribution < 1.29 is 9.50 Å². The monoisotopic (exact) mass is 235 g/mol. The van der Waals surface area contributed by atoms with Crippen molar-refractivity contribution in [2.45, 2.75) is 12.6 Å². The maximum atomic E-state index is 12.6. The van der Waals surface area contributed by atoms with Gasteiger partial charge in [0, 0.05) is 24.6 Å². The van der Waals surface area contributed by atoms with Crippen molar-refractivity contribution in [1.82, 2.24) is 9.78 Å². The molecule has 0 aliphatic heterocycles. The van der Waals surface area contributed by atoms with Crippen molar-refractivity contribution >= 4 is 5.69 Å². The van der Waals surface area contributed by atoms with Crippen LogP contribution in [0.4, 0.5) is 10.1 Å². The summed E-state index contributed by atoms with van der Waals surface area (Å²) in [5.41, 5.74) is 0.783. The zero-order chi connectivity index (χ0) is 12.1. The van der Waals surface area contributed by atoms with Crippen LogP contribution in [0.15, 0.2) is 42.7 Å². The van der Waals surface area contributed by atoms with Crippen LogP contribution in [0.5, 0.6) is 0 Å². The smallest absolute Gasteiger partial charge is 0.123 e. The number of anilines is 1. The molecular weight excluding hydrogens is 221 g/mol. The highest BCUT2D eigenvalue weighted by Gasteiger charge is 2.04.